The third kappa shape index (κ3) is 9.65. The van der Waals surface area contributed by atoms with E-state index in [-0.39, 0.29) is 11.9 Å². The highest BCUT2D eigenvalue weighted by molar-refractivity contribution is 5.88. The topological polar surface area (TPSA) is 51.2 Å². The Hall–Kier alpha value is -2.88. The number of unbranched alkanes of at least 4 members (excludes halogenated alkanes) is 3. The molecule has 1 aromatic heterocycles. The Labute approximate surface area is 187 Å². The molecule has 0 aliphatic heterocycles. The van der Waals surface area contributed by atoms with E-state index in [0.29, 0.717) is 0 Å². The van der Waals surface area contributed by atoms with Crippen molar-refractivity contribution in [1.29, 1.82) is 0 Å². The number of nitrogens with zero attached hydrogens (tertiary/aromatic N) is 1. The van der Waals surface area contributed by atoms with Crippen LogP contribution in [0, 0.1) is 0 Å². The number of aromatic nitrogens is 1. The number of allylic oxidation sites excluding steroid dienone is 3. The number of amides is 1. The minimum Gasteiger partial charge on any atom is -0.497 e. The molecular weight excluding hydrogens is 384 g/mol. The maximum atomic E-state index is 12.3. The number of ether oxygens (including phenoxy) is 1. The molecule has 0 aliphatic carbocycles. The number of carbonyl (C=O) groups excluding carboxylic acids is 1. The summed E-state index contributed by atoms with van der Waals surface area (Å²) >= 11 is 0. The zero-order chi connectivity index (χ0) is 22.3. The SMILES string of the molecule is CCCCCCC(=CC=CC(=O)N[C@H](C)CCc1cccnc1)c1ccc(OC)cc1. The predicted octanol–water partition coefficient (Wildman–Crippen LogP) is 6.14. The van der Waals surface area contributed by atoms with E-state index < -0.39 is 0 Å². The number of rotatable bonds is 13. The van der Waals surface area contributed by atoms with Gasteiger partial charge in [0.05, 0.1) is 7.11 Å². The molecule has 0 unspecified atom stereocenters. The van der Waals surface area contributed by atoms with Crippen molar-refractivity contribution in [2.45, 2.75) is 64.8 Å². The van der Waals surface area contributed by atoms with Crippen molar-refractivity contribution >= 4 is 11.5 Å². The number of nitrogens with one attached hydrogen (secondary N) is 1. The van der Waals surface area contributed by atoms with Crippen LogP contribution in [0.4, 0.5) is 0 Å². The molecule has 0 bridgehead atoms. The fraction of sp³-hybridized carbons (Fsp3) is 0.407. The van der Waals surface area contributed by atoms with E-state index in [9.17, 15) is 4.79 Å². The van der Waals surface area contributed by atoms with Crippen LogP contribution in [0.1, 0.15) is 63.5 Å². The molecule has 0 saturated heterocycles. The van der Waals surface area contributed by atoms with Gasteiger partial charge < -0.3 is 10.1 Å². The third-order valence-electron chi connectivity index (χ3n) is 5.28. The van der Waals surface area contributed by atoms with Crippen LogP contribution in [0.25, 0.3) is 5.57 Å². The van der Waals surface area contributed by atoms with Crippen molar-refractivity contribution in [3.05, 3.63) is 78.1 Å². The van der Waals surface area contributed by atoms with Crippen molar-refractivity contribution in [3.63, 3.8) is 0 Å². The Morgan fingerprint density at radius 3 is 2.65 bits per heavy atom. The predicted molar refractivity (Wildman–Crippen MR) is 129 cm³/mol. The van der Waals surface area contributed by atoms with Gasteiger partial charge in [0.2, 0.25) is 5.91 Å². The van der Waals surface area contributed by atoms with Crippen LogP contribution in [-0.4, -0.2) is 24.0 Å². The van der Waals surface area contributed by atoms with Crippen LogP contribution >= 0.6 is 0 Å². The third-order valence-corrected chi connectivity index (χ3v) is 5.28. The van der Waals surface area contributed by atoms with Gasteiger partial charge in [0.15, 0.2) is 0 Å². The first-order chi connectivity index (χ1) is 15.1. The van der Waals surface area contributed by atoms with E-state index in [1.54, 1.807) is 19.4 Å². The molecule has 4 heteroatoms. The van der Waals surface area contributed by atoms with Crippen molar-refractivity contribution in [3.8, 4) is 5.75 Å². The Kier molecular flexibility index (Phi) is 11.2. The van der Waals surface area contributed by atoms with Gasteiger partial charge in [-0.2, -0.15) is 0 Å². The number of aryl methyl sites for hydroxylation is 1. The van der Waals surface area contributed by atoms with Crippen LogP contribution in [0.5, 0.6) is 5.75 Å². The van der Waals surface area contributed by atoms with Gasteiger partial charge in [-0.25, -0.2) is 0 Å². The summed E-state index contributed by atoms with van der Waals surface area (Å²) in [7, 11) is 1.68. The number of carbonyl (C=O) groups is 1. The van der Waals surface area contributed by atoms with Crippen LogP contribution < -0.4 is 10.1 Å². The quantitative estimate of drug-likeness (QED) is 0.241. The second-order valence-electron chi connectivity index (χ2n) is 7.90. The summed E-state index contributed by atoms with van der Waals surface area (Å²) in [6, 6.07) is 12.2. The smallest absolute Gasteiger partial charge is 0.244 e. The van der Waals surface area contributed by atoms with Gasteiger partial charge in [0.25, 0.3) is 0 Å². The minimum absolute atomic E-state index is 0.0602. The van der Waals surface area contributed by atoms with Crippen molar-refractivity contribution < 1.29 is 9.53 Å². The largest absolute Gasteiger partial charge is 0.497 e. The first kappa shape index (κ1) is 24.4. The zero-order valence-electron chi connectivity index (χ0n) is 19.1. The standard InChI is InChI=1S/C27H36N2O2/c1-4-5-6-7-11-24(25-16-18-26(31-3)19-17-25)12-8-13-27(30)29-22(2)14-15-23-10-9-20-28-21-23/h8-10,12-13,16-22H,4-7,11,14-15H2,1-3H3,(H,29,30)/t22-/m1/s1. The first-order valence-electron chi connectivity index (χ1n) is 11.3. The highest BCUT2D eigenvalue weighted by atomic mass is 16.5. The summed E-state index contributed by atoms with van der Waals surface area (Å²) in [5.74, 6) is 0.791. The summed E-state index contributed by atoms with van der Waals surface area (Å²) < 4.78 is 5.27. The molecule has 1 heterocycles. The first-order valence-corrected chi connectivity index (χ1v) is 11.3. The van der Waals surface area contributed by atoms with Gasteiger partial charge >= 0.3 is 0 Å². The molecule has 166 valence electrons. The second kappa shape index (κ2) is 14.2. The number of hydrogen-bond donors (Lipinski definition) is 1. The Morgan fingerprint density at radius 2 is 1.97 bits per heavy atom. The van der Waals surface area contributed by atoms with Crippen LogP contribution in [-0.2, 0) is 11.2 Å². The molecule has 1 atom stereocenters. The van der Waals surface area contributed by atoms with Crippen molar-refractivity contribution in [1.82, 2.24) is 10.3 Å². The summed E-state index contributed by atoms with van der Waals surface area (Å²) in [5.41, 5.74) is 3.61. The molecule has 4 nitrogen and oxygen atoms in total. The lowest BCUT2D eigenvalue weighted by molar-refractivity contribution is -0.117. The summed E-state index contributed by atoms with van der Waals surface area (Å²) in [5, 5.41) is 3.05. The lowest BCUT2D eigenvalue weighted by Gasteiger charge is -2.12. The molecule has 1 amide bonds. The molecular formula is C27H36N2O2. The van der Waals surface area contributed by atoms with Crippen LogP contribution in [0.15, 0.2) is 67.0 Å². The lowest BCUT2D eigenvalue weighted by Crippen LogP contribution is -2.31. The molecule has 2 rings (SSSR count). The zero-order valence-corrected chi connectivity index (χ0v) is 19.1. The average molecular weight is 421 g/mol. The fourth-order valence-corrected chi connectivity index (χ4v) is 3.42. The summed E-state index contributed by atoms with van der Waals surface area (Å²) in [6.07, 6.45) is 16.8. The molecule has 31 heavy (non-hydrogen) atoms. The maximum Gasteiger partial charge on any atom is 0.244 e. The monoisotopic (exact) mass is 420 g/mol. The van der Waals surface area contributed by atoms with E-state index in [1.807, 2.05) is 37.4 Å². The van der Waals surface area contributed by atoms with E-state index in [2.05, 4.69) is 41.5 Å². The Morgan fingerprint density at radius 1 is 1.16 bits per heavy atom. The number of hydrogen-bond acceptors (Lipinski definition) is 3. The van der Waals surface area contributed by atoms with Crippen molar-refractivity contribution in [2.24, 2.45) is 0 Å². The lowest BCUT2D eigenvalue weighted by atomic mass is 9.98. The molecule has 0 fully saturated rings. The van der Waals surface area contributed by atoms with Gasteiger partial charge in [0, 0.05) is 24.5 Å². The van der Waals surface area contributed by atoms with Gasteiger partial charge in [0.1, 0.15) is 5.75 Å². The highest BCUT2D eigenvalue weighted by Crippen LogP contribution is 2.24. The Balaban J connectivity index is 1.92. The number of methoxy groups -OCH3 is 1. The Bertz CT molecular complexity index is 826. The van der Waals surface area contributed by atoms with Gasteiger partial charge in [-0.05, 0) is 67.5 Å². The molecule has 0 saturated carbocycles. The van der Waals surface area contributed by atoms with Crippen LogP contribution in [0.2, 0.25) is 0 Å². The van der Waals surface area contributed by atoms with E-state index in [4.69, 9.17) is 4.74 Å². The average Bonchev–Trinajstić information content (AvgIpc) is 2.80. The van der Waals surface area contributed by atoms with Gasteiger partial charge in [-0.1, -0.05) is 56.5 Å². The van der Waals surface area contributed by atoms with Crippen LogP contribution in [0.3, 0.4) is 0 Å². The summed E-state index contributed by atoms with van der Waals surface area (Å²) in [6.45, 7) is 4.26. The summed E-state index contributed by atoms with van der Waals surface area (Å²) in [4.78, 5) is 16.4. The van der Waals surface area contributed by atoms with Gasteiger partial charge in [-0.3, -0.25) is 9.78 Å². The number of pyridine rings is 1. The van der Waals surface area contributed by atoms with E-state index >= 15 is 0 Å². The molecule has 0 radical (unpaired) electrons. The molecule has 0 aliphatic rings. The molecule has 1 N–H and O–H groups in total. The number of benzene rings is 1. The highest BCUT2D eigenvalue weighted by Gasteiger charge is 2.06. The van der Waals surface area contributed by atoms with E-state index in [0.717, 1.165) is 31.4 Å². The normalized spacial score (nSPS) is 12.7. The molecule has 0 spiro atoms. The fourth-order valence-electron chi connectivity index (χ4n) is 3.42. The second-order valence-corrected chi connectivity index (χ2v) is 7.90. The van der Waals surface area contributed by atoms with E-state index in [1.165, 1.54) is 36.0 Å². The maximum absolute atomic E-state index is 12.3. The molecule has 2 aromatic rings. The minimum atomic E-state index is -0.0602. The van der Waals surface area contributed by atoms with Crippen molar-refractivity contribution in [2.75, 3.05) is 7.11 Å². The molecule has 1 aromatic carbocycles. The van der Waals surface area contributed by atoms with Gasteiger partial charge in [-0.15, -0.1) is 0 Å².